The highest BCUT2D eigenvalue weighted by Gasteiger charge is 2.25. The van der Waals surface area contributed by atoms with Crippen molar-refractivity contribution >= 4 is 29.2 Å². The lowest BCUT2D eigenvalue weighted by Crippen LogP contribution is -2.49. The van der Waals surface area contributed by atoms with E-state index in [1.54, 1.807) is 42.3 Å². The topological polar surface area (TPSA) is 59.1 Å². The summed E-state index contributed by atoms with van der Waals surface area (Å²) in [6, 6.07) is 12.3. The van der Waals surface area contributed by atoms with Crippen LogP contribution in [0.15, 0.2) is 42.5 Å². The first-order chi connectivity index (χ1) is 13.0. The number of hydrogen-bond donors (Lipinski definition) is 0. The molecular weight excluding hydrogens is 368 g/mol. The summed E-state index contributed by atoms with van der Waals surface area (Å²) in [5.41, 5.74) is 1.77. The number of hydrogen-bond acceptors (Lipinski definition) is 5. The van der Waals surface area contributed by atoms with Gasteiger partial charge in [0.2, 0.25) is 0 Å². The molecule has 3 rings (SSSR count). The van der Waals surface area contributed by atoms with Crippen LogP contribution in [0.25, 0.3) is 0 Å². The molecule has 0 bridgehead atoms. The zero-order valence-electron chi connectivity index (χ0n) is 15.3. The maximum Gasteiger partial charge on any atom is 0.337 e. The normalized spacial score (nSPS) is 14.0. The molecule has 0 N–H and O–H groups in total. The third kappa shape index (κ3) is 4.01. The number of carbonyl (C=O) groups is 2. The quantitative estimate of drug-likeness (QED) is 0.753. The van der Waals surface area contributed by atoms with E-state index in [-0.39, 0.29) is 5.91 Å². The van der Waals surface area contributed by atoms with Crippen molar-refractivity contribution in [2.24, 2.45) is 0 Å². The van der Waals surface area contributed by atoms with E-state index in [1.807, 2.05) is 12.1 Å². The lowest BCUT2D eigenvalue weighted by molar-refractivity contribution is 0.0600. The van der Waals surface area contributed by atoms with Crippen LogP contribution in [-0.4, -0.2) is 57.2 Å². The third-order valence-electron chi connectivity index (χ3n) is 4.61. The Kier molecular flexibility index (Phi) is 5.86. The van der Waals surface area contributed by atoms with Gasteiger partial charge in [-0.1, -0.05) is 23.7 Å². The molecule has 2 aromatic rings. The van der Waals surface area contributed by atoms with E-state index >= 15 is 0 Å². The van der Waals surface area contributed by atoms with Crippen LogP contribution in [0.4, 0.5) is 5.69 Å². The molecular formula is C20H21ClN2O4. The Balaban J connectivity index is 1.72. The van der Waals surface area contributed by atoms with Crippen molar-refractivity contribution in [3.8, 4) is 5.75 Å². The molecule has 0 spiro atoms. The molecule has 1 saturated heterocycles. The summed E-state index contributed by atoms with van der Waals surface area (Å²) in [6.45, 7) is 2.34. The Morgan fingerprint density at radius 1 is 1.00 bits per heavy atom. The minimum atomic E-state index is -0.405. The number of rotatable bonds is 4. The van der Waals surface area contributed by atoms with Gasteiger partial charge in [-0.15, -0.1) is 0 Å². The number of piperazine rings is 1. The molecule has 0 aromatic heterocycles. The number of amides is 1. The standard InChI is InChI=1S/C20H21ClN2O4/c1-26-18-6-4-3-5-15(18)19(24)23-11-9-22(10-12-23)17-13-14(20(25)27-2)7-8-16(17)21/h3-8,13H,9-12H2,1-2H3. The van der Waals surface area contributed by atoms with E-state index in [1.165, 1.54) is 7.11 Å². The summed E-state index contributed by atoms with van der Waals surface area (Å²) in [7, 11) is 2.90. The molecule has 1 amide bonds. The van der Waals surface area contributed by atoms with E-state index in [2.05, 4.69) is 4.90 Å². The van der Waals surface area contributed by atoms with Gasteiger partial charge in [-0.2, -0.15) is 0 Å². The summed E-state index contributed by atoms with van der Waals surface area (Å²) < 4.78 is 10.1. The van der Waals surface area contributed by atoms with Gasteiger partial charge in [-0.05, 0) is 30.3 Å². The molecule has 0 saturated carbocycles. The molecule has 0 atom stereocenters. The number of carbonyl (C=O) groups excluding carboxylic acids is 2. The monoisotopic (exact) mass is 388 g/mol. The number of benzene rings is 2. The van der Waals surface area contributed by atoms with Crippen LogP contribution in [0.1, 0.15) is 20.7 Å². The molecule has 2 aromatic carbocycles. The van der Waals surface area contributed by atoms with Crippen LogP contribution >= 0.6 is 11.6 Å². The van der Waals surface area contributed by atoms with Gasteiger partial charge in [0.25, 0.3) is 5.91 Å². The van der Waals surface area contributed by atoms with Crippen molar-refractivity contribution in [3.63, 3.8) is 0 Å². The van der Waals surface area contributed by atoms with Crippen LogP contribution in [0.3, 0.4) is 0 Å². The molecule has 1 aliphatic rings. The van der Waals surface area contributed by atoms with Crippen molar-refractivity contribution < 1.29 is 19.1 Å². The molecule has 0 aliphatic carbocycles. The Labute approximate surface area is 163 Å². The van der Waals surface area contributed by atoms with Crippen LogP contribution in [0.2, 0.25) is 5.02 Å². The summed E-state index contributed by atoms with van der Waals surface area (Å²) in [6.07, 6.45) is 0. The van der Waals surface area contributed by atoms with Gasteiger partial charge in [0.1, 0.15) is 5.75 Å². The number of methoxy groups -OCH3 is 2. The largest absolute Gasteiger partial charge is 0.496 e. The zero-order valence-corrected chi connectivity index (χ0v) is 16.0. The molecule has 142 valence electrons. The van der Waals surface area contributed by atoms with Gasteiger partial charge in [0.05, 0.1) is 36.1 Å². The van der Waals surface area contributed by atoms with Crippen LogP contribution < -0.4 is 9.64 Å². The zero-order chi connectivity index (χ0) is 19.4. The first kappa shape index (κ1) is 19.0. The Morgan fingerprint density at radius 3 is 2.37 bits per heavy atom. The highest BCUT2D eigenvalue weighted by Crippen LogP contribution is 2.29. The number of anilines is 1. The molecule has 0 unspecified atom stereocenters. The fourth-order valence-corrected chi connectivity index (χ4v) is 3.38. The second kappa shape index (κ2) is 8.31. The van der Waals surface area contributed by atoms with Crippen molar-refractivity contribution in [2.75, 3.05) is 45.3 Å². The van der Waals surface area contributed by atoms with Crippen LogP contribution in [0, 0.1) is 0 Å². The van der Waals surface area contributed by atoms with Gasteiger partial charge in [0, 0.05) is 26.2 Å². The Morgan fingerprint density at radius 2 is 1.70 bits per heavy atom. The van der Waals surface area contributed by atoms with E-state index in [9.17, 15) is 9.59 Å². The van der Waals surface area contributed by atoms with E-state index in [0.717, 1.165) is 5.69 Å². The van der Waals surface area contributed by atoms with Crippen molar-refractivity contribution in [1.29, 1.82) is 0 Å². The minimum absolute atomic E-state index is 0.0542. The van der Waals surface area contributed by atoms with Gasteiger partial charge in [-0.25, -0.2) is 4.79 Å². The van der Waals surface area contributed by atoms with Gasteiger partial charge in [0.15, 0.2) is 0 Å². The predicted molar refractivity (Wildman–Crippen MR) is 104 cm³/mol. The summed E-state index contributed by atoms with van der Waals surface area (Å²) in [5, 5.41) is 0.562. The highest BCUT2D eigenvalue weighted by molar-refractivity contribution is 6.33. The molecule has 1 heterocycles. The number of halogens is 1. The van der Waals surface area contributed by atoms with Crippen molar-refractivity contribution in [1.82, 2.24) is 4.90 Å². The molecule has 1 fully saturated rings. The second-order valence-electron chi connectivity index (χ2n) is 6.14. The van der Waals surface area contributed by atoms with Crippen LogP contribution in [0.5, 0.6) is 5.75 Å². The second-order valence-corrected chi connectivity index (χ2v) is 6.54. The fraction of sp³-hybridized carbons (Fsp3) is 0.300. The highest BCUT2D eigenvalue weighted by atomic mass is 35.5. The van der Waals surface area contributed by atoms with Gasteiger partial charge < -0.3 is 19.3 Å². The first-order valence-corrected chi connectivity index (χ1v) is 8.98. The molecule has 6 nitrogen and oxygen atoms in total. The lowest BCUT2D eigenvalue weighted by Gasteiger charge is -2.36. The number of ether oxygens (including phenoxy) is 2. The van der Waals surface area contributed by atoms with Crippen molar-refractivity contribution in [3.05, 3.63) is 58.6 Å². The van der Waals surface area contributed by atoms with Gasteiger partial charge in [-0.3, -0.25) is 4.79 Å². The molecule has 27 heavy (non-hydrogen) atoms. The summed E-state index contributed by atoms with van der Waals surface area (Å²) in [5.74, 6) is 0.109. The minimum Gasteiger partial charge on any atom is -0.496 e. The van der Waals surface area contributed by atoms with Crippen LogP contribution in [-0.2, 0) is 4.74 Å². The van der Waals surface area contributed by atoms with E-state index in [0.29, 0.717) is 48.1 Å². The van der Waals surface area contributed by atoms with Gasteiger partial charge >= 0.3 is 5.97 Å². The third-order valence-corrected chi connectivity index (χ3v) is 4.93. The average Bonchev–Trinajstić information content (AvgIpc) is 2.73. The lowest BCUT2D eigenvalue weighted by atomic mass is 10.1. The first-order valence-electron chi connectivity index (χ1n) is 8.60. The molecule has 0 radical (unpaired) electrons. The number of esters is 1. The fourth-order valence-electron chi connectivity index (χ4n) is 3.14. The Bertz CT molecular complexity index is 848. The SMILES string of the molecule is COC(=O)c1ccc(Cl)c(N2CCN(C(=O)c3ccccc3OC)CC2)c1. The molecule has 7 heteroatoms. The summed E-state index contributed by atoms with van der Waals surface area (Å²) >= 11 is 6.32. The summed E-state index contributed by atoms with van der Waals surface area (Å²) in [4.78, 5) is 28.5. The van der Waals surface area contributed by atoms with E-state index in [4.69, 9.17) is 21.1 Å². The number of nitrogens with zero attached hydrogens (tertiary/aromatic N) is 2. The van der Waals surface area contributed by atoms with E-state index < -0.39 is 5.97 Å². The maximum absolute atomic E-state index is 12.8. The molecule has 1 aliphatic heterocycles. The average molecular weight is 389 g/mol. The Hall–Kier alpha value is -2.73. The predicted octanol–water partition coefficient (Wildman–Crippen LogP) is 3.10. The maximum atomic E-state index is 12.8. The van der Waals surface area contributed by atoms with Crippen molar-refractivity contribution in [2.45, 2.75) is 0 Å². The number of para-hydroxylation sites is 1. The smallest absolute Gasteiger partial charge is 0.337 e.